The molecule has 4 nitrogen and oxygen atoms in total. The molecule has 6 heteroatoms. The van der Waals surface area contributed by atoms with Gasteiger partial charge >= 0.3 is 7.12 Å². The number of nitrogens with zero attached hydrogens (tertiary/aromatic N) is 2. The van der Waals surface area contributed by atoms with Gasteiger partial charge in [-0.05, 0) is 45.4 Å². The highest BCUT2D eigenvalue weighted by Crippen LogP contribution is 2.36. The van der Waals surface area contributed by atoms with Gasteiger partial charge in [0.05, 0.1) is 11.2 Å². The lowest BCUT2D eigenvalue weighted by Gasteiger charge is -2.32. The lowest BCUT2D eigenvalue weighted by atomic mass is 9.81. The fourth-order valence-electron chi connectivity index (χ4n) is 2.39. The van der Waals surface area contributed by atoms with Crippen LogP contribution in [0.2, 0.25) is 5.02 Å². The Morgan fingerprint density at radius 3 is 2.22 bits per heavy atom. The number of hydrogen-bond donors (Lipinski definition) is 0. The molecule has 120 valence electrons. The summed E-state index contributed by atoms with van der Waals surface area (Å²) in [5.74, 6) is 0.743. The predicted molar refractivity (Wildman–Crippen MR) is 92.0 cm³/mol. The highest BCUT2D eigenvalue weighted by atomic mass is 35.5. The first-order valence-corrected chi connectivity index (χ1v) is 8.05. The lowest BCUT2D eigenvalue weighted by molar-refractivity contribution is 0.00578. The number of hydrogen-bond acceptors (Lipinski definition) is 4. The third kappa shape index (κ3) is 3.42. The largest absolute Gasteiger partial charge is 0.498 e. The number of benzene rings is 1. The maximum Gasteiger partial charge on any atom is 0.498 e. The maximum absolute atomic E-state index is 6.00. The Morgan fingerprint density at radius 1 is 1.04 bits per heavy atom. The molecule has 0 atom stereocenters. The Balaban J connectivity index is 1.73. The summed E-state index contributed by atoms with van der Waals surface area (Å²) >= 11 is 6.00. The molecule has 2 heterocycles. The molecule has 0 radical (unpaired) electrons. The van der Waals surface area contributed by atoms with Gasteiger partial charge in [0.2, 0.25) is 0 Å². The Morgan fingerprint density at radius 2 is 1.65 bits per heavy atom. The van der Waals surface area contributed by atoms with Crippen molar-refractivity contribution >= 4 is 24.2 Å². The standard InChI is InChI=1S/C17H20BClN2O2/c1-16(2)17(3,4)23-18(22-16)13-10-20-15(21-11-13)9-12-6-5-7-14(19)8-12/h5-8,10-11H,9H2,1-4H3. The zero-order chi connectivity index (χ0) is 16.7. The van der Waals surface area contributed by atoms with E-state index in [1.807, 2.05) is 52.0 Å². The SMILES string of the molecule is CC1(C)OB(c2cnc(Cc3cccc(Cl)c3)nc2)OC1(C)C. The maximum atomic E-state index is 6.00. The molecule has 0 N–H and O–H groups in total. The molecule has 3 rings (SSSR count). The highest BCUT2D eigenvalue weighted by molar-refractivity contribution is 6.61. The van der Waals surface area contributed by atoms with Crippen molar-refractivity contribution < 1.29 is 9.31 Å². The highest BCUT2D eigenvalue weighted by Gasteiger charge is 2.51. The van der Waals surface area contributed by atoms with Gasteiger partial charge < -0.3 is 9.31 Å². The van der Waals surface area contributed by atoms with Gasteiger partial charge in [0.1, 0.15) is 5.82 Å². The third-order valence-corrected chi connectivity index (χ3v) is 4.74. The summed E-state index contributed by atoms with van der Waals surface area (Å²) in [4.78, 5) is 8.86. The van der Waals surface area contributed by atoms with Crippen LogP contribution in [0.1, 0.15) is 39.1 Å². The quantitative estimate of drug-likeness (QED) is 0.812. The van der Waals surface area contributed by atoms with Crippen LogP contribution in [0, 0.1) is 0 Å². The summed E-state index contributed by atoms with van der Waals surface area (Å²) < 4.78 is 12.0. The van der Waals surface area contributed by atoms with E-state index in [-0.39, 0.29) is 11.2 Å². The molecule has 0 saturated carbocycles. The summed E-state index contributed by atoms with van der Waals surface area (Å²) in [5.41, 5.74) is 1.19. The van der Waals surface area contributed by atoms with Crippen LogP contribution < -0.4 is 5.46 Å². The molecule has 23 heavy (non-hydrogen) atoms. The zero-order valence-corrected chi connectivity index (χ0v) is 14.6. The van der Waals surface area contributed by atoms with E-state index in [9.17, 15) is 0 Å². The molecule has 1 aromatic carbocycles. The minimum Gasteiger partial charge on any atom is -0.399 e. The Bertz CT molecular complexity index is 688. The first-order chi connectivity index (χ1) is 10.8. The van der Waals surface area contributed by atoms with Gasteiger partial charge in [0.25, 0.3) is 0 Å². The van der Waals surface area contributed by atoms with E-state index in [1.165, 1.54) is 0 Å². The monoisotopic (exact) mass is 330 g/mol. The fraction of sp³-hybridized carbons (Fsp3) is 0.412. The van der Waals surface area contributed by atoms with E-state index in [0.29, 0.717) is 6.42 Å². The molecule has 0 aliphatic carbocycles. The van der Waals surface area contributed by atoms with Gasteiger partial charge in [-0.2, -0.15) is 0 Å². The summed E-state index contributed by atoms with van der Waals surface area (Å²) in [7, 11) is -0.430. The van der Waals surface area contributed by atoms with E-state index in [4.69, 9.17) is 20.9 Å². The number of rotatable bonds is 3. The van der Waals surface area contributed by atoms with Gasteiger partial charge in [-0.15, -0.1) is 0 Å². The molecular weight excluding hydrogens is 310 g/mol. The summed E-state index contributed by atoms with van der Waals surface area (Å²) in [6, 6.07) is 7.72. The van der Waals surface area contributed by atoms with Gasteiger partial charge in [0, 0.05) is 29.3 Å². The first kappa shape index (κ1) is 16.4. The molecule has 2 aromatic rings. The van der Waals surface area contributed by atoms with Gasteiger partial charge in [-0.1, -0.05) is 23.7 Å². The molecule has 0 amide bonds. The molecule has 1 aliphatic heterocycles. The molecule has 0 spiro atoms. The molecule has 0 unspecified atom stereocenters. The van der Waals surface area contributed by atoms with Gasteiger partial charge in [-0.3, -0.25) is 0 Å². The van der Waals surface area contributed by atoms with Crippen LogP contribution in [0.5, 0.6) is 0 Å². The van der Waals surface area contributed by atoms with Crippen LogP contribution >= 0.6 is 11.6 Å². The van der Waals surface area contributed by atoms with Crippen LogP contribution in [0.3, 0.4) is 0 Å². The van der Waals surface area contributed by atoms with Crippen LogP contribution in [0.15, 0.2) is 36.7 Å². The van der Waals surface area contributed by atoms with E-state index in [1.54, 1.807) is 12.4 Å². The minimum atomic E-state index is -0.430. The Labute approximate surface area is 142 Å². The van der Waals surface area contributed by atoms with Crippen LogP contribution in [-0.2, 0) is 15.7 Å². The van der Waals surface area contributed by atoms with E-state index in [2.05, 4.69) is 9.97 Å². The molecule has 1 aromatic heterocycles. The summed E-state index contributed by atoms with van der Waals surface area (Å²) in [5, 5.41) is 0.719. The predicted octanol–water partition coefficient (Wildman–Crippen LogP) is 3.02. The smallest absolute Gasteiger partial charge is 0.399 e. The van der Waals surface area contributed by atoms with Crippen LogP contribution in [0.25, 0.3) is 0 Å². The molecule has 1 aliphatic rings. The van der Waals surface area contributed by atoms with Crippen molar-refractivity contribution in [1.82, 2.24) is 9.97 Å². The third-order valence-electron chi connectivity index (χ3n) is 4.50. The topological polar surface area (TPSA) is 44.2 Å². The summed E-state index contributed by atoms with van der Waals surface area (Å²) in [6.45, 7) is 8.12. The van der Waals surface area contributed by atoms with Crippen molar-refractivity contribution in [2.45, 2.75) is 45.3 Å². The minimum absolute atomic E-state index is 0.364. The van der Waals surface area contributed by atoms with Gasteiger partial charge in [0.15, 0.2) is 0 Å². The molecule has 1 saturated heterocycles. The Hall–Kier alpha value is -1.43. The van der Waals surface area contributed by atoms with Gasteiger partial charge in [-0.25, -0.2) is 9.97 Å². The van der Waals surface area contributed by atoms with Crippen molar-refractivity contribution in [2.75, 3.05) is 0 Å². The Kier molecular flexibility index (Phi) is 4.21. The van der Waals surface area contributed by atoms with Crippen molar-refractivity contribution in [3.05, 3.63) is 53.1 Å². The summed E-state index contributed by atoms with van der Waals surface area (Å²) in [6.07, 6.45) is 4.19. The zero-order valence-electron chi connectivity index (χ0n) is 13.8. The second kappa shape index (κ2) is 5.89. The van der Waals surface area contributed by atoms with Crippen molar-refractivity contribution in [1.29, 1.82) is 0 Å². The first-order valence-electron chi connectivity index (χ1n) is 7.68. The molecule has 1 fully saturated rings. The molecule has 0 bridgehead atoms. The van der Waals surface area contributed by atoms with Crippen LogP contribution in [-0.4, -0.2) is 28.3 Å². The average Bonchev–Trinajstić information content (AvgIpc) is 2.68. The second-order valence-corrected chi connectivity index (χ2v) is 7.26. The number of halogens is 1. The number of aromatic nitrogens is 2. The second-order valence-electron chi connectivity index (χ2n) is 6.83. The van der Waals surface area contributed by atoms with Crippen molar-refractivity contribution in [3.63, 3.8) is 0 Å². The van der Waals surface area contributed by atoms with Crippen molar-refractivity contribution in [2.24, 2.45) is 0 Å². The normalized spacial score (nSPS) is 19.1. The van der Waals surface area contributed by atoms with Crippen LogP contribution in [0.4, 0.5) is 0 Å². The van der Waals surface area contributed by atoms with E-state index >= 15 is 0 Å². The fourth-order valence-corrected chi connectivity index (χ4v) is 2.60. The van der Waals surface area contributed by atoms with E-state index < -0.39 is 7.12 Å². The molecular formula is C17H20BClN2O2. The van der Waals surface area contributed by atoms with E-state index in [0.717, 1.165) is 21.9 Å². The average molecular weight is 331 g/mol. The lowest BCUT2D eigenvalue weighted by Crippen LogP contribution is -2.41. The van der Waals surface area contributed by atoms with Crippen molar-refractivity contribution in [3.8, 4) is 0 Å².